The van der Waals surface area contributed by atoms with Gasteiger partial charge in [-0.05, 0) is 36.1 Å². The molecule has 2 heterocycles. The van der Waals surface area contributed by atoms with E-state index in [2.05, 4.69) is 22.0 Å². The highest BCUT2D eigenvalue weighted by atomic mass is 79.9. The van der Waals surface area contributed by atoms with Crippen LogP contribution in [0.2, 0.25) is 0 Å². The zero-order valence-electron chi connectivity index (χ0n) is 9.56. The molecule has 3 atom stereocenters. The summed E-state index contributed by atoms with van der Waals surface area (Å²) in [5.74, 6) is 4.16. The van der Waals surface area contributed by atoms with Crippen LogP contribution >= 0.6 is 27.7 Å². The van der Waals surface area contributed by atoms with Gasteiger partial charge in [-0.1, -0.05) is 15.9 Å². The molecule has 0 saturated carbocycles. The fraction of sp³-hybridized carbons (Fsp3) is 0.538. The number of halogens is 1. The molecule has 92 valence electrons. The van der Waals surface area contributed by atoms with Gasteiger partial charge in [0.25, 0.3) is 0 Å². The minimum Gasteiger partial charge on any atom is -0.490 e. The molecule has 2 N–H and O–H groups in total. The molecule has 17 heavy (non-hydrogen) atoms. The Labute approximate surface area is 114 Å². The standard InChI is InChI=1S/C13H16BrNOS/c14-9-1-2-12-10(5-9)11(15)6-13(16-12)8-3-4-17-7-8/h1-2,5,8,11,13H,3-4,6-7,15H2/t8?,11-,13?/m1/s1. The van der Waals surface area contributed by atoms with Crippen LogP contribution in [0.5, 0.6) is 5.75 Å². The second kappa shape index (κ2) is 4.82. The summed E-state index contributed by atoms with van der Waals surface area (Å²) in [5.41, 5.74) is 7.41. The molecule has 0 spiro atoms. The minimum absolute atomic E-state index is 0.117. The molecule has 1 aromatic rings. The fourth-order valence-corrected chi connectivity index (χ4v) is 4.34. The molecule has 1 saturated heterocycles. The molecule has 4 heteroatoms. The number of nitrogens with two attached hydrogens (primary N) is 1. The van der Waals surface area contributed by atoms with E-state index in [1.54, 1.807) is 0 Å². The first-order valence-corrected chi connectivity index (χ1v) is 7.98. The van der Waals surface area contributed by atoms with Gasteiger partial charge in [0.2, 0.25) is 0 Å². The summed E-state index contributed by atoms with van der Waals surface area (Å²) in [5, 5.41) is 0. The van der Waals surface area contributed by atoms with Crippen LogP contribution < -0.4 is 10.5 Å². The van der Waals surface area contributed by atoms with E-state index in [0.29, 0.717) is 12.0 Å². The van der Waals surface area contributed by atoms with Crippen LogP contribution in [0.3, 0.4) is 0 Å². The third-order valence-electron chi connectivity index (χ3n) is 3.63. The second-order valence-corrected chi connectivity index (χ2v) is 6.87. The van der Waals surface area contributed by atoms with Crippen molar-refractivity contribution in [3.05, 3.63) is 28.2 Å². The number of benzene rings is 1. The molecule has 0 amide bonds. The Hall–Kier alpha value is -0.190. The Bertz CT molecular complexity index is 420. The van der Waals surface area contributed by atoms with E-state index in [4.69, 9.17) is 10.5 Å². The second-order valence-electron chi connectivity index (χ2n) is 4.80. The molecule has 1 aromatic carbocycles. The number of hydrogen-bond donors (Lipinski definition) is 1. The van der Waals surface area contributed by atoms with E-state index in [-0.39, 0.29) is 6.04 Å². The van der Waals surface area contributed by atoms with Gasteiger partial charge in [0, 0.05) is 28.4 Å². The van der Waals surface area contributed by atoms with Crippen LogP contribution in [0.1, 0.15) is 24.4 Å². The van der Waals surface area contributed by atoms with E-state index < -0.39 is 0 Å². The van der Waals surface area contributed by atoms with Gasteiger partial charge in [0.15, 0.2) is 0 Å². The average molecular weight is 314 g/mol. The van der Waals surface area contributed by atoms with Crippen molar-refractivity contribution in [2.45, 2.75) is 25.0 Å². The van der Waals surface area contributed by atoms with Gasteiger partial charge < -0.3 is 10.5 Å². The van der Waals surface area contributed by atoms with Crippen molar-refractivity contribution < 1.29 is 4.74 Å². The summed E-state index contributed by atoms with van der Waals surface area (Å²) in [6.45, 7) is 0. The summed E-state index contributed by atoms with van der Waals surface area (Å²) in [7, 11) is 0. The molecule has 2 unspecified atom stereocenters. The molecule has 0 aromatic heterocycles. The van der Waals surface area contributed by atoms with Crippen molar-refractivity contribution in [1.82, 2.24) is 0 Å². The van der Waals surface area contributed by atoms with Gasteiger partial charge in [0.05, 0.1) is 0 Å². The summed E-state index contributed by atoms with van der Waals surface area (Å²) in [4.78, 5) is 0. The van der Waals surface area contributed by atoms with E-state index in [1.807, 2.05) is 23.9 Å². The number of rotatable bonds is 1. The third kappa shape index (κ3) is 2.35. The van der Waals surface area contributed by atoms with Crippen molar-refractivity contribution in [3.63, 3.8) is 0 Å². The number of ether oxygens (including phenoxy) is 1. The molecule has 2 aliphatic heterocycles. The molecule has 1 fully saturated rings. The van der Waals surface area contributed by atoms with Crippen LogP contribution in [-0.4, -0.2) is 17.6 Å². The van der Waals surface area contributed by atoms with Crippen LogP contribution in [0.25, 0.3) is 0 Å². The Morgan fingerprint density at radius 2 is 2.29 bits per heavy atom. The third-order valence-corrected chi connectivity index (χ3v) is 5.31. The van der Waals surface area contributed by atoms with E-state index >= 15 is 0 Å². The van der Waals surface area contributed by atoms with Crippen molar-refractivity contribution in [2.75, 3.05) is 11.5 Å². The van der Waals surface area contributed by atoms with Crippen molar-refractivity contribution in [1.29, 1.82) is 0 Å². The van der Waals surface area contributed by atoms with Gasteiger partial charge in [-0.15, -0.1) is 0 Å². The van der Waals surface area contributed by atoms with E-state index in [1.165, 1.54) is 17.9 Å². The lowest BCUT2D eigenvalue weighted by molar-refractivity contribution is 0.110. The first kappa shape index (κ1) is 11.9. The van der Waals surface area contributed by atoms with Crippen molar-refractivity contribution in [3.8, 4) is 5.75 Å². The highest BCUT2D eigenvalue weighted by Crippen LogP contribution is 2.40. The lowest BCUT2D eigenvalue weighted by Crippen LogP contribution is -2.35. The van der Waals surface area contributed by atoms with Gasteiger partial charge in [-0.3, -0.25) is 0 Å². The first-order valence-electron chi connectivity index (χ1n) is 6.03. The normalized spacial score (nSPS) is 32.0. The van der Waals surface area contributed by atoms with E-state index in [0.717, 1.165) is 22.2 Å². The quantitative estimate of drug-likeness (QED) is 0.863. The summed E-state index contributed by atoms with van der Waals surface area (Å²) in [6.07, 6.45) is 2.54. The Morgan fingerprint density at radius 1 is 1.41 bits per heavy atom. The molecule has 0 radical (unpaired) electrons. The van der Waals surface area contributed by atoms with Gasteiger partial charge in [0.1, 0.15) is 11.9 Å². The SMILES string of the molecule is N[C@@H]1CC(C2CCSC2)Oc2ccc(Br)cc21. The maximum atomic E-state index is 6.27. The lowest BCUT2D eigenvalue weighted by atomic mass is 9.90. The maximum Gasteiger partial charge on any atom is 0.124 e. The lowest BCUT2D eigenvalue weighted by Gasteiger charge is -2.33. The Kier molecular flexibility index (Phi) is 3.37. The number of fused-ring (bicyclic) bond motifs is 1. The maximum absolute atomic E-state index is 6.27. The van der Waals surface area contributed by atoms with Crippen LogP contribution in [-0.2, 0) is 0 Å². The zero-order chi connectivity index (χ0) is 11.8. The molecule has 0 bridgehead atoms. The highest BCUT2D eigenvalue weighted by Gasteiger charge is 2.33. The highest BCUT2D eigenvalue weighted by molar-refractivity contribution is 9.10. The molecule has 2 aliphatic rings. The molecule has 2 nitrogen and oxygen atoms in total. The van der Waals surface area contributed by atoms with Crippen molar-refractivity contribution >= 4 is 27.7 Å². The minimum atomic E-state index is 0.117. The Balaban J connectivity index is 1.84. The topological polar surface area (TPSA) is 35.2 Å². The monoisotopic (exact) mass is 313 g/mol. The predicted molar refractivity (Wildman–Crippen MR) is 75.5 cm³/mol. The van der Waals surface area contributed by atoms with Crippen molar-refractivity contribution in [2.24, 2.45) is 11.7 Å². The first-order chi connectivity index (χ1) is 8.24. The van der Waals surface area contributed by atoms with Gasteiger partial charge >= 0.3 is 0 Å². The molecule has 0 aliphatic carbocycles. The molecular weight excluding hydrogens is 298 g/mol. The van der Waals surface area contributed by atoms with Crippen LogP contribution in [0.15, 0.2) is 22.7 Å². The average Bonchev–Trinajstić information content (AvgIpc) is 2.83. The summed E-state index contributed by atoms with van der Waals surface area (Å²) < 4.78 is 7.20. The largest absolute Gasteiger partial charge is 0.490 e. The Morgan fingerprint density at radius 3 is 3.06 bits per heavy atom. The fourth-order valence-electron chi connectivity index (χ4n) is 2.64. The van der Waals surface area contributed by atoms with Gasteiger partial charge in [-0.2, -0.15) is 11.8 Å². The smallest absolute Gasteiger partial charge is 0.124 e. The van der Waals surface area contributed by atoms with Gasteiger partial charge in [-0.25, -0.2) is 0 Å². The summed E-state index contributed by atoms with van der Waals surface area (Å²) in [6, 6.07) is 6.26. The number of hydrogen-bond acceptors (Lipinski definition) is 3. The summed E-state index contributed by atoms with van der Waals surface area (Å²) >= 11 is 5.52. The zero-order valence-corrected chi connectivity index (χ0v) is 12.0. The predicted octanol–water partition coefficient (Wildman–Crippen LogP) is 3.35. The molecule has 3 rings (SSSR count). The van der Waals surface area contributed by atoms with E-state index in [9.17, 15) is 0 Å². The van der Waals surface area contributed by atoms with Crippen LogP contribution in [0, 0.1) is 5.92 Å². The number of thioether (sulfide) groups is 1. The van der Waals surface area contributed by atoms with Crippen LogP contribution in [0.4, 0.5) is 0 Å². The molecular formula is C13H16BrNOS.